The molecule has 1 amide bonds. The number of carbonyl (C=O) groups is 2. The highest BCUT2D eigenvalue weighted by Gasteiger charge is 2.45. The summed E-state index contributed by atoms with van der Waals surface area (Å²) in [5.41, 5.74) is 4.28. The summed E-state index contributed by atoms with van der Waals surface area (Å²) < 4.78 is 10.7. The van der Waals surface area contributed by atoms with E-state index in [-0.39, 0.29) is 17.9 Å². The summed E-state index contributed by atoms with van der Waals surface area (Å²) in [5, 5.41) is 12.2. The fourth-order valence-electron chi connectivity index (χ4n) is 4.84. The maximum atomic E-state index is 13.3. The molecule has 188 valence electrons. The number of hydrogen-bond donors (Lipinski definition) is 2. The van der Waals surface area contributed by atoms with Crippen molar-refractivity contribution in [2.24, 2.45) is 0 Å². The van der Waals surface area contributed by atoms with Gasteiger partial charge >= 0.3 is 0 Å². The van der Waals surface area contributed by atoms with Crippen LogP contribution in [0.5, 0.6) is 11.5 Å². The molecule has 0 saturated carbocycles. The average Bonchev–Trinajstić information content (AvgIpc) is 3.44. The molecule has 2 N–H and O–H groups in total. The Bertz CT molecular complexity index is 1500. The van der Waals surface area contributed by atoms with Gasteiger partial charge < -0.3 is 24.5 Å². The standard InChI is InChI=1S/C30H28N2O5/c1-18-4-6-20(7-5-18)28(33)26-27(19-8-10-22(36-2)11-9-19)32(30(35)29(26)34)15-14-21-17-31-25-13-12-23(37-3)16-24(21)25/h4-13,16-17,27,31,33H,14-15H2,1-3H3/t27-/m1/s1. The Labute approximate surface area is 214 Å². The number of likely N-dealkylation sites (tertiary alicyclic amines) is 1. The second-order valence-corrected chi connectivity index (χ2v) is 9.11. The quantitative estimate of drug-likeness (QED) is 0.210. The van der Waals surface area contributed by atoms with Crippen molar-refractivity contribution >= 4 is 28.4 Å². The van der Waals surface area contributed by atoms with Crippen LogP contribution in [0, 0.1) is 6.92 Å². The van der Waals surface area contributed by atoms with E-state index in [1.165, 1.54) is 0 Å². The predicted molar refractivity (Wildman–Crippen MR) is 142 cm³/mol. The van der Waals surface area contributed by atoms with Crippen LogP contribution in [0.2, 0.25) is 0 Å². The van der Waals surface area contributed by atoms with E-state index in [0.717, 1.165) is 27.8 Å². The molecular weight excluding hydrogens is 468 g/mol. The van der Waals surface area contributed by atoms with Gasteiger partial charge in [-0.3, -0.25) is 9.59 Å². The number of methoxy groups -OCH3 is 2. The molecular formula is C30H28N2O5. The number of hydrogen-bond acceptors (Lipinski definition) is 5. The number of ketones is 1. The third-order valence-corrected chi connectivity index (χ3v) is 6.89. The van der Waals surface area contributed by atoms with Crippen LogP contribution >= 0.6 is 0 Å². The zero-order valence-corrected chi connectivity index (χ0v) is 20.9. The summed E-state index contributed by atoms with van der Waals surface area (Å²) in [4.78, 5) is 31.4. The molecule has 0 spiro atoms. The Morgan fingerprint density at radius 1 is 0.946 bits per heavy atom. The van der Waals surface area contributed by atoms with Gasteiger partial charge in [-0.1, -0.05) is 42.0 Å². The van der Waals surface area contributed by atoms with Crippen LogP contribution in [0.15, 0.2) is 78.5 Å². The number of nitrogens with zero attached hydrogens (tertiary/aromatic N) is 1. The zero-order chi connectivity index (χ0) is 26.1. The molecule has 37 heavy (non-hydrogen) atoms. The van der Waals surface area contributed by atoms with Crippen LogP contribution in [-0.2, 0) is 16.0 Å². The minimum Gasteiger partial charge on any atom is -0.507 e. The molecule has 1 aliphatic rings. The van der Waals surface area contributed by atoms with Gasteiger partial charge in [0.25, 0.3) is 11.7 Å². The zero-order valence-electron chi connectivity index (χ0n) is 20.9. The number of carbonyl (C=O) groups excluding carboxylic acids is 2. The fourth-order valence-corrected chi connectivity index (χ4v) is 4.84. The highest BCUT2D eigenvalue weighted by atomic mass is 16.5. The van der Waals surface area contributed by atoms with Gasteiger partial charge in [0, 0.05) is 29.2 Å². The Balaban J connectivity index is 1.55. The van der Waals surface area contributed by atoms with E-state index >= 15 is 0 Å². The molecule has 0 aliphatic carbocycles. The molecule has 1 fully saturated rings. The molecule has 5 rings (SSSR count). The lowest BCUT2D eigenvalue weighted by Crippen LogP contribution is -2.31. The van der Waals surface area contributed by atoms with Gasteiger partial charge in [0.1, 0.15) is 17.3 Å². The second kappa shape index (κ2) is 9.85. The molecule has 1 saturated heterocycles. The minimum absolute atomic E-state index is 0.0830. The number of ether oxygens (including phenoxy) is 2. The molecule has 1 aliphatic heterocycles. The number of aryl methyl sites for hydroxylation is 1. The van der Waals surface area contributed by atoms with Crippen molar-refractivity contribution in [3.63, 3.8) is 0 Å². The molecule has 3 aromatic carbocycles. The Kier molecular flexibility index (Phi) is 6.44. The first-order chi connectivity index (χ1) is 17.9. The number of fused-ring (bicyclic) bond motifs is 1. The van der Waals surface area contributed by atoms with Crippen LogP contribution in [-0.4, -0.2) is 47.4 Å². The van der Waals surface area contributed by atoms with Gasteiger partial charge in [0.15, 0.2) is 0 Å². The van der Waals surface area contributed by atoms with Crippen LogP contribution in [0.3, 0.4) is 0 Å². The van der Waals surface area contributed by atoms with E-state index in [4.69, 9.17) is 9.47 Å². The van der Waals surface area contributed by atoms with Crippen molar-refractivity contribution in [3.8, 4) is 11.5 Å². The summed E-state index contributed by atoms with van der Waals surface area (Å²) in [5.74, 6) is -0.109. The van der Waals surface area contributed by atoms with Gasteiger partial charge in [-0.2, -0.15) is 0 Å². The van der Waals surface area contributed by atoms with Crippen LogP contribution in [0.4, 0.5) is 0 Å². The number of aliphatic hydroxyl groups is 1. The third kappa shape index (κ3) is 4.44. The number of aromatic nitrogens is 1. The molecule has 1 aromatic heterocycles. The summed E-state index contributed by atoms with van der Waals surface area (Å²) in [6.07, 6.45) is 2.42. The lowest BCUT2D eigenvalue weighted by Gasteiger charge is -2.25. The number of nitrogens with one attached hydrogen (secondary N) is 1. The van der Waals surface area contributed by atoms with Crippen LogP contribution < -0.4 is 9.47 Å². The molecule has 0 unspecified atom stereocenters. The summed E-state index contributed by atoms with van der Waals surface area (Å²) in [6.45, 7) is 2.23. The molecule has 4 aromatic rings. The van der Waals surface area contributed by atoms with Crippen molar-refractivity contribution in [3.05, 3.63) is 101 Å². The van der Waals surface area contributed by atoms with Gasteiger partial charge in [-0.15, -0.1) is 0 Å². The van der Waals surface area contributed by atoms with Crippen molar-refractivity contribution in [2.45, 2.75) is 19.4 Å². The van der Waals surface area contributed by atoms with E-state index in [2.05, 4.69) is 4.98 Å². The summed E-state index contributed by atoms with van der Waals surface area (Å²) in [7, 11) is 3.20. The highest BCUT2D eigenvalue weighted by Crippen LogP contribution is 2.40. The van der Waals surface area contributed by atoms with Crippen molar-refractivity contribution in [1.29, 1.82) is 0 Å². The van der Waals surface area contributed by atoms with E-state index in [0.29, 0.717) is 23.3 Å². The first-order valence-electron chi connectivity index (χ1n) is 12.0. The highest BCUT2D eigenvalue weighted by molar-refractivity contribution is 6.46. The minimum atomic E-state index is -0.730. The molecule has 0 radical (unpaired) electrons. The average molecular weight is 497 g/mol. The number of benzene rings is 3. The van der Waals surface area contributed by atoms with Gasteiger partial charge in [0.2, 0.25) is 0 Å². The Morgan fingerprint density at radius 2 is 1.62 bits per heavy atom. The maximum absolute atomic E-state index is 13.3. The second-order valence-electron chi connectivity index (χ2n) is 9.11. The van der Waals surface area contributed by atoms with E-state index in [9.17, 15) is 14.7 Å². The van der Waals surface area contributed by atoms with Crippen molar-refractivity contribution in [1.82, 2.24) is 9.88 Å². The fraction of sp³-hybridized carbons (Fsp3) is 0.200. The first-order valence-corrected chi connectivity index (χ1v) is 12.0. The number of aromatic amines is 1. The van der Waals surface area contributed by atoms with Crippen molar-refractivity contribution < 1.29 is 24.2 Å². The Morgan fingerprint density at radius 3 is 2.30 bits per heavy atom. The molecule has 2 heterocycles. The maximum Gasteiger partial charge on any atom is 0.295 e. The predicted octanol–water partition coefficient (Wildman–Crippen LogP) is 5.16. The molecule has 1 atom stereocenters. The lowest BCUT2D eigenvalue weighted by atomic mass is 9.95. The Hall–Kier alpha value is -4.52. The van der Waals surface area contributed by atoms with Crippen LogP contribution in [0.1, 0.15) is 28.3 Å². The van der Waals surface area contributed by atoms with Gasteiger partial charge in [-0.25, -0.2) is 0 Å². The summed E-state index contributed by atoms with van der Waals surface area (Å²) >= 11 is 0. The largest absolute Gasteiger partial charge is 0.507 e. The first kappa shape index (κ1) is 24.2. The molecule has 7 heteroatoms. The normalized spacial score (nSPS) is 16.9. The van der Waals surface area contributed by atoms with E-state index in [1.807, 2.05) is 55.6 Å². The SMILES string of the molecule is COc1ccc([C@@H]2C(=C(O)c3ccc(C)cc3)C(=O)C(=O)N2CCc2c[nH]c3ccc(OC)cc23)cc1. The monoisotopic (exact) mass is 496 g/mol. The number of aliphatic hydroxyl groups excluding tert-OH is 1. The number of H-pyrrole nitrogens is 1. The smallest absolute Gasteiger partial charge is 0.295 e. The van der Waals surface area contributed by atoms with E-state index in [1.54, 1.807) is 43.4 Å². The number of Topliss-reactive ketones (excluding diaryl/α,β-unsaturated/α-hetero) is 1. The topological polar surface area (TPSA) is 91.9 Å². The molecule has 7 nitrogen and oxygen atoms in total. The molecule has 0 bridgehead atoms. The lowest BCUT2D eigenvalue weighted by molar-refractivity contribution is -0.139. The van der Waals surface area contributed by atoms with E-state index < -0.39 is 17.7 Å². The van der Waals surface area contributed by atoms with Crippen LogP contribution in [0.25, 0.3) is 16.7 Å². The van der Waals surface area contributed by atoms with Crippen molar-refractivity contribution in [2.75, 3.05) is 20.8 Å². The third-order valence-electron chi connectivity index (χ3n) is 6.89. The van der Waals surface area contributed by atoms with Gasteiger partial charge in [-0.05, 0) is 54.8 Å². The van der Waals surface area contributed by atoms with Gasteiger partial charge in [0.05, 0.1) is 25.8 Å². The summed E-state index contributed by atoms with van der Waals surface area (Å²) in [6, 6.07) is 19.5. The number of rotatable bonds is 7. The number of amides is 1.